The van der Waals surface area contributed by atoms with E-state index in [1.165, 1.54) is 12.8 Å². The number of imidazole rings is 1. The largest absolute Gasteiger partial charge is 0.476 e. The minimum atomic E-state index is -0.215. The Kier molecular flexibility index (Phi) is 4.93. The van der Waals surface area contributed by atoms with Crippen LogP contribution in [0.25, 0.3) is 5.65 Å². The zero-order valence-corrected chi connectivity index (χ0v) is 16.3. The molecular formula is C21H28N4O3. The summed E-state index contributed by atoms with van der Waals surface area (Å²) in [6.07, 6.45) is 9.26. The Morgan fingerprint density at radius 3 is 2.75 bits per heavy atom. The van der Waals surface area contributed by atoms with Gasteiger partial charge in [-0.1, -0.05) is 0 Å². The van der Waals surface area contributed by atoms with E-state index < -0.39 is 0 Å². The zero-order chi connectivity index (χ0) is 18.9. The molecule has 28 heavy (non-hydrogen) atoms. The summed E-state index contributed by atoms with van der Waals surface area (Å²) in [7, 11) is 0. The Labute approximate surface area is 165 Å². The summed E-state index contributed by atoms with van der Waals surface area (Å²) in [5.74, 6) is 1.90. The average Bonchev–Trinajstić information content (AvgIpc) is 3.52. The molecule has 150 valence electrons. The number of piperidine rings is 1. The van der Waals surface area contributed by atoms with E-state index in [1.54, 1.807) is 0 Å². The van der Waals surface area contributed by atoms with Gasteiger partial charge in [-0.3, -0.25) is 4.79 Å². The van der Waals surface area contributed by atoms with Crippen LogP contribution in [-0.4, -0.2) is 57.8 Å². The van der Waals surface area contributed by atoms with E-state index in [0.717, 1.165) is 63.1 Å². The maximum atomic E-state index is 12.6. The van der Waals surface area contributed by atoms with E-state index in [1.807, 2.05) is 27.7 Å². The van der Waals surface area contributed by atoms with E-state index in [2.05, 4.69) is 10.1 Å². The molecule has 3 aliphatic rings. The predicted octanol–water partition coefficient (Wildman–Crippen LogP) is 2.79. The van der Waals surface area contributed by atoms with Crippen LogP contribution in [0.1, 0.15) is 56.6 Å². The number of nitrogens with zero attached hydrogens (tertiary/aromatic N) is 4. The van der Waals surface area contributed by atoms with Crippen LogP contribution in [0.4, 0.5) is 0 Å². The molecule has 2 aliphatic heterocycles. The van der Waals surface area contributed by atoms with Gasteiger partial charge < -0.3 is 14.4 Å². The maximum absolute atomic E-state index is 12.6. The van der Waals surface area contributed by atoms with Crippen molar-refractivity contribution in [2.45, 2.75) is 57.0 Å². The number of carbonyl (C=O) groups is 1. The third-order valence-corrected chi connectivity index (χ3v) is 6.16. The summed E-state index contributed by atoms with van der Waals surface area (Å²) < 4.78 is 13.4. The van der Waals surface area contributed by atoms with E-state index >= 15 is 0 Å². The fourth-order valence-electron chi connectivity index (χ4n) is 4.20. The lowest BCUT2D eigenvalue weighted by molar-refractivity contribution is -0.148. The number of amides is 1. The highest BCUT2D eigenvalue weighted by Crippen LogP contribution is 2.39. The molecule has 5 rings (SSSR count). The van der Waals surface area contributed by atoms with E-state index in [9.17, 15) is 4.79 Å². The van der Waals surface area contributed by atoms with Gasteiger partial charge in [0.05, 0.1) is 18.5 Å². The van der Waals surface area contributed by atoms with Crippen molar-refractivity contribution in [1.82, 2.24) is 19.5 Å². The molecule has 1 saturated carbocycles. The molecule has 1 aliphatic carbocycles. The normalized spacial score (nSPS) is 23.9. The molecule has 1 unspecified atom stereocenters. The van der Waals surface area contributed by atoms with Gasteiger partial charge in [0, 0.05) is 31.7 Å². The molecular weight excluding hydrogens is 356 g/mol. The quantitative estimate of drug-likeness (QED) is 0.793. The summed E-state index contributed by atoms with van der Waals surface area (Å²) in [4.78, 5) is 19.2. The van der Waals surface area contributed by atoms with Gasteiger partial charge in [0.1, 0.15) is 6.10 Å². The van der Waals surface area contributed by atoms with Gasteiger partial charge in [0.25, 0.3) is 5.91 Å². The van der Waals surface area contributed by atoms with Gasteiger partial charge in [0.2, 0.25) is 5.88 Å². The molecule has 1 atom stereocenters. The summed E-state index contributed by atoms with van der Waals surface area (Å²) in [5, 5.41) is 4.55. The monoisotopic (exact) mass is 384 g/mol. The molecule has 0 N–H and O–H groups in total. The Balaban J connectivity index is 1.12. The van der Waals surface area contributed by atoms with Gasteiger partial charge in [-0.2, -0.15) is 0 Å². The van der Waals surface area contributed by atoms with Crippen molar-refractivity contribution >= 4 is 11.6 Å². The van der Waals surface area contributed by atoms with Gasteiger partial charge in [0.15, 0.2) is 5.65 Å². The first-order chi connectivity index (χ1) is 13.8. The standard InChI is InChI=1S/C21H28N4O3/c26-21(18-3-1-2-12-27-18)24-10-8-15(9-11-24)14-28-20-7-6-19-22-17(16-4-5-16)13-25(19)23-20/h6-7,13,15-16,18H,1-5,8-12,14H2. The number of hydrogen-bond acceptors (Lipinski definition) is 5. The summed E-state index contributed by atoms with van der Waals surface area (Å²) in [6.45, 7) is 2.96. The van der Waals surface area contributed by atoms with Crippen molar-refractivity contribution in [3.8, 4) is 5.88 Å². The first-order valence-corrected chi connectivity index (χ1v) is 10.7. The Morgan fingerprint density at radius 1 is 1.14 bits per heavy atom. The lowest BCUT2D eigenvalue weighted by Crippen LogP contribution is -2.46. The molecule has 1 amide bonds. The fraction of sp³-hybridized carbons (Fsp3) is 0.667. The maximum Gasteiger partial charge on any atom is 0.251 e. The van der Waals surface area contributed by atoms with Crippen molar-refractivity contribution in [1.29, 1.82) is 0 Å². The molecule has 2 saturated heterocycles. The Hall–Kier alpha value is -2.15. The van der Waals surface area contributed by atoms with Crippen LogP contribution in [0.5, 0.6) is 5.88 Å². The summed E-state index contributed by atoms with van der Waals surface area (Å²) in [6, 6.07) is 3.87. The highest BCUT2D eigenvalue weighted by Gasteiger charge is 2.30. The number of aromatic nitrogens is 3. The van der Waals surface area contributed by atoms with Crippen LogP contribution in [0, 0.1) is 5.92 Å². The number of rotatable bonds is 5. The number of likely N-dealkylation sites (tertiary alicyclic amines) is 1. The predicted molar refractivity (Wildman–Crippen MR) is 103 cm³/mol. The second-order valence-corrected chi connectivity index (χ2v) is 8.35. The minimum absolute atomic E-state index is 0.178. The molecule has 4 heterocycles. The molecule has 7 nitrogen and oxygen atoms in total. The first-order valence-electron chi connectivity index (χ1n) is 10.7. The molecule has 2 aromatic heterocycles. The van der Waals surface area contributed by atoms with Crippen molar-refractivity contribution in [2.24, 2.45) is 5.92 Å². The lowest BCUT2D eigenvalue weighted by atomic mass is 9.97. The Morgan fingerprint density at radius 2 is 2.00 bits per heavy atom. The number of fused-ring (bicyclic) bond motifs is 1. The van der Waals surface area contributed by atoms with Crippen LogP contribution in [0.15, 0.2) is 18.3 Å². The van der Waals surface area contributed by atoms with E-state index in [0.29, 0.717) is 24.3 Å². The number of hydrogen-bond donors (Lipinski definition) is 0. The van der Waals surface area contributed by atoms with Crippen molar-refractivity contribution in [3.05, 3.63) is 24.0 Å². The fourth-order valence-corrected chi connectivity index (χ4v) is 4.20. The first kappa shape index (κ1) is 17.9. The summed E-state index contributed by atoms with van der Waals surface area (Å²) in [5.41, 5.74) is 2.02. The van der Waals surface area contributed by atoms with Crippen molar-refractivity contribution < 1.29 is 14.3 Å². The Bertz CT molecular complexity index is 833. The highest BCUT2D eigenvalue weighted by molar-refractivity contribution is 5.81. The molecule has 0 spiro atoms. The molecule has 2 aromatic rings. The van der Waals surface area contributed by atoms with E-state index in [-0.39, 0.29) is 12.0 Å². The van der Waals surface area contributed by atoms with Crippen LogP contribution in [-0.2, 0) is 9.53 Å². The van der Waals surface area contributed by atoms with Crippen LogP contribution in [0.3, 0.4) is 0 Å². The van der Waals surface area contributed by atoms with Crippen LogP contribution in [0.2, 0.25) is 0 Å². The summed E-state index contributed by atoms with van der Waals surface area (Å²) >= 11 is 0. The molecule has 7 heteroatoms. The van der Waals surface area contributed by atoms with Crippen LogP contribution < -0.4 is 4.74 Å². The van der Waals surface area contributed by atoms with Gasteiger partial charge >= 0.3 is 0 Å². The second-order valence-electron chi connectivity index (χ2n) is 8.35. The highest BCUT2D eigenvalue weighted by atomic mass is 16.5. The topological polar surface area (TPSA) is 69.0 Å². The molecule has 0 bridgehead atoms. The second kappa shape index (κ2) is 7.70. The molecule has 0 aromatic carbocycles. The van der Waals surface area contributed by atoms with Gasteiger partial charge in [-0.15, -0.1) is 5.10 Å². The number of ether oxygens (including phenoxy) is 2. The smallest absolute Gasteiger partial charge is 0.251 e. The average molecular weight is 384 g/mol. The van der Waals surface area contributed by atoms with E-state index in [4.69, 9.17) is 9.47 Å². The number of carbonyl (C=O) groups excluding carboxylic acids is 1. The molecule has 3 fully saturated rings. The van der Waals surface area contributed by atoms with Crippen molar-refractivity contribution in [2.75, 3.05) is 26.3 Å². The lowest BCUT2D eigenvalue weighted by Gasteiger charge is -2.34. The van der Waals surface area contributed by atoms with Gasteiger partial charge in [-0.05, 0) is 56.9 Å². The van der Waals surface area contributed by atoms with Crippen molar-refractivity contribution in [3.63, 3.8) is 0 Å². The SMILES string of the molecule is O=C(C1CCCCO1)N1CCC(COc2ccc3nc(C4CC4)cn3n2)CC1. The van der Waals surface area contributed by atoms with Gasteiger partial charge in [-0.25, -0.2) is 9.50 Å². The minimum Gasteiger partial charge on any atom is -0.476 e. The molecule has 0 radical (unpaired) electrons. The third kappa shape index (κ3) is 3.85. The van der Waals surface area contributed by atoms with Crippen LogP contribution >= 0.6 is 0 Å². The third-order valence-electron chi connectivity index (χ3n) is 6.16. The zero-order valence-electron chi connectivity index (χ0n) is 16.3.